The molecule has 7 aromatic carbocycles. The average Bonchev–Trinajstić information content (AvgIpc) is 3.94. The fraction of sp³-hybridized carbons (Fsp3) is 0.115. The molecule has 58 heavy (non-hydrogen) atoms. The number of benzene rings is 7. The van der Waals surface area contributed by atoms with Crippen LogP contribution in [0, 0.1) is 11.3 Å². The Morgan fingerprint density at radius 1 is 0.517 bits per heavy atom. The number of thiophene rings is 1. The molecule has 0 radical (unpaired) electrons. The molecule has 5 nitrogen and oxygen atoms in total. The van der Waals surface area contributed by atoms with Gasteiger partial charge in [0, 0.05) is 53.1 Å². The zero-order chi connectivity index (χ0) is 38.4. The molecule has 1 fully saturated rings. The number of aromatic nitrogens is 3. The minimum absolute atomic E-state index is 0.0281. The second-order valence-electron chi connectivity index (χ2n) is 15.7. The molecule has 2 aliphatic rings. The van der Waals surface area contributed by atoms with Crippen LogP contribution in [-0.2, 0) is 5.41 Å². The van der Waals surface area contributed by atoms with Crippen LogP contribution in [0.1, 0.15) is 48.8 Å². The van der Waals surface area contributed by atoms with Crippen molar-refractivity contribution in [2.24, 2.45) is 0 Å². The maximum absolute atomic E-state index is 9.89. The van der Waals surface area contributed by atoms with Crippen LogP contribution in [0.15, 0.2) is 150 Å². The summed E-state index contributed by atoms with van der Waals surface area (Å²) in [5.41, 5.74) is 13.0. The van der Waals surface area contributed by atoms with Gasteiger partial charge in [-0.25, -0.2) is 15.0 Å². The SMILES string of the molecule is N#Cc1ccc2c(c1)C1(CCCCC1)c1cccc(-c3ccc4sc5c(-c6nc(-c7ccccc7)nc(-c7ccc8c(c7)oc7ccccc78)n6)cccc5c4c3)c1-2. The van der Waals surface area contributed by atoms with Crippen molar-refractivity contribution in [2.75, 3.05) is 0 Å². The Hall–Kier alpha value is -6.94. The molecular formula is C52H34N4OS. The summed E-state index contributed by atoms with van der Waals surface area (Å²) < 4.78 is 8.64. The topological polar surface area (TPSA) is 75.6 Å². The lowest BCUT2D eigenvalue weighted by molar-refractivity contribution is 0.353. The fourth-order valence-corrected chi connectivity index (χ4v) is 11.1. The monoisotopic (exact) mass is 762 g/mol. The molecule has 3 aromatic heterocycles. The Kier molecular flexibility index (Phi) is 7.33. The van der Waals surface area contributed by atoms with Gasteiger partial charge in [0.25, 0.3) is 0 Å². The van der Waals surface area contributed by atoms with E-state index < -0.39 is 0 Å². The summed E-state index contributed by atoms with van der Waals surface area (Å²) in [5.74, 6) is 1.86. The van der Waals surface area contributed by atoms with Crippen LogP contribution in [0.4, 0.5) is 0 Å². The van der Waals surface area contributed by atoms with Gasteiger partial charge in [0.05, 0.1) is 11.6 Å². The highest BCUT2D eigenvalue weighted by atomic mass is 32.1. The van der Waals surface area contributed by atoms with Crippen molar-refractivity contribution in [3.8, 4) is 62.5 Å². The summed E-state index contributed by atoms with van der Waals surface area (Å²) in [6, 6.07) is 53.6. The van der Waals surface area contributed by atoms with E-state index in [9.17, 15) is 5.26 Å². The van der Waals surface area contributed by atoms with Crippen LogP contribution in [0.3, 0.4) is 0 Å². The molecule has 1 spiro atoms. The van der Waals surface area contributed by atoms with Crippen molar-refractivity contribution in [1.29, 1.82) is 5.26 Å². The predicted molar refractivity (Wildman–Crippen MR) is 236 cm³/mol. The minimum atomic E-state index is -0.0281. The van der Waals surface area contributed by atoms with E-state index in [0.29, 0.717) is 17.5 Å². The molecular weight excluding hydrogens is 729 g/mol. The zero-order valence-corrected chi connectivity index (χ0v) is 32.3. The van der Waals surface area contributed by atoms with Crippen LogP contribution in [0.5, 0.6) is 0 Å². The van der Waals surface area contributed by atoms with E-state index in [4.69, 9.17) is 19.4 Å². The van der Waals surface area contributed by atoms with Crippen molar-refractivity contribution >= 4 is 53.4 Å². The Morgan fingerprint density at radius 3 is 2.14 bits per heavy atom. The number of rotatable bonds is 4. The number of hydrogen-bond donors (Lipinski definition) is 0. The van der Waals surface area contributed by atoms with Gasteiger partial charge in [-0.3, -0.25) is 0 Å². The van der Waals surface area contributed by atoms with Gasteiger partial charge in [-0.15, -0.1) is 11.3 Å². The maximum atomic E-state index is 9.89. The van der Waals surface area contributed by atoms with Crippen LogP contribution in [-0.4, -0.2) is 15.0 Å². The zero-order valence-electron chi connectivity index (χ0n) is 31.5. The Morgan fingerprint density at radius 2 is 1.26 bits per heavy atom. The van der Waals surface area contributed by atoms with Crippen molar-refractivity contribution < 1.29 is 4.42 Å². The molecule has 0 aliphatic heterocycles. The maximum Gasteiger partial charge on any atom is 0.165 e. The van der Waals surface area contributed by atoms with Crippen molar-refractivity contribution in [3.05, 3.63) is 162 Å². The van der Waals surface area contributed by atoms with E-state index in [-0.39, 0.29) is 5.41 Å². The standard InChI is InChI=1S/C52H34N4OS/c53-30-31-19-22-39-43(27-31)52(25-7-2-8-26-52)42-17-10-14-35(47(39)42)33-21-24-46-41(28-33)38-15-9-16-40(48(38)58-46)51-55-49(32-11-3-1-4-12-32)54-50(56-51)34-20-23-37-36-13-5-6-18-44(36)57-45(37)29-34/h1,3-6,9-24,27-29H,2,7-8,25-26H2. The first kappa shape index (κ1) is 33.2. The van der Waals surface area contributed by atoms with Gasteiger partial charge in [-0.2, -0.15) is 5.26 Å². The summed E-state index contributed by atoms with van der Waals surface area (Å²) in [6.07, 6.45) is 5.94. The van der Waals surface area contributed by atoms with Crippen molar-refractivity contribution in [2.45, 2.75) is 37.5 Å². The normalized spacial score (nSPS) is 14.3. The summed E-state index contributed by atoms with van der Waals surface area (Å²) >= 11 is 1.78. The third kappa shape index (κ3) is 4.97. The van der Waals surface area contributed by atoms with Gasteiger partial charge in [-0.1, -0.05) is 116 Å². The quantitative estimate of drug-likeness (QED) is 0.178. The number of hydrogen-bond acceptors (Lipinski definition) is 6. The van der Waals surface area contributed by atoms with E-state index in [2.05, 4.69) is 91.0 Å². The molecule has 0 saturated heterocycles. The number of para-hydroxylation sites is 1. The minimum Gasteiger partial charge on any atom is -0.456 e. The fourth-order valence-electron chi connectivity index (χ4n) is 9.90. The molecule has 3 heterocycles. The third-order valence-electron chi connectivity index (χ3n) is 12.6. The first-order chi connectivity index (χ1) is 28.6. The number of nitrogens with zero attached hydrogens (tertiary/aromatic N) is 4. The number of furan rings is 1. The van der Waals surface area contributed by atoms with Gasteiger partial charge in [0.2, 0.25) is 0 Å². The Bertz CT molecular complexity index is 3350. The first-order valence-electron chi connectivity index (χ1n) is 20.0. The second kappa shape index (κ2) is 12.8. The largest absolute Gasteiger partial charge is 0.456 e. The van der Waals surface area contributed by atoms with Gasteiger partial charge < -0.3 is 4.42 Å². The predicted octanol–water partition coefficient (Wildman–Crippen LogP) is 13.9. The third-order valence-corrected chi connectivity index (χ3v) is 13.8. The second-order valence-corrected chi connectivity index (χ2v) is 16.8. The molecule has 0 atom stereocenters. The molecule has 1 saturated carbocycles. The number of nitriles is 1. The van der Waals surface area contributed by atoms with Crippen LogP contribution >= 0.6 is 11.3 Å². The molecule has 12 rings (SSSR count). The summed E-state index contributed by atoms with van der Waals surface area (Å²) in [7, 11) is 0. The molecule has 0 unspecified atom stereocenters. The highest BCUT2D eigenvalue weighted by Gasteiger charge is 2.44. The Labute approximate surface area is 338 Å². The summed E-state index contributed by atoms with van der Waals surface area (Å²) in [4.78, 5) is 15.4. The Balaban J connectivity index is 1.01. The van der Waals surface area contributed by atoms with Crippen LogP contribution in [0.25, 0.3) is 98.5 Å². The molecule has 10 aromatic rings. The molecule has 0 N–H and O–H groups in total. The van der Waals surface area contributed by atoms with Crippen molar-refractivity contribution in [3.63, 3.8) is 0 Å². The van der Waals surface area contributed by atoms with Gasteiger partial charge in [0.15, 0.2) is 17.5 Å². The van der Waals surface area contributed by atoms with E-state index in [1.807, 2.05) is 60.7 Å². The van der Waals surface area contributed by atoms with E-state index in [0.717, 1.165) is 61.7 Å². The highest BCUT2D eigenvalue weighted by Crippen LogP contribution is 2.58. The average molecular weight is 763 g/mol. The first-order valence-corrected chi connectivity index (χ1v) is 20.8. The summed E-state index contributed by atoms with van der Waals surface area (Å²) in [5, 5.41) is 14.4. The lowest BCUT2D eigenvalue weighted by Crippen LogP contribution is -2.28. The van der Waals surface area contributed by atoms with Crippen molar-refractivity contribution in [1.82, 2.24) is 15.0 Å². The molecule has 274 valence electrons. The lowest BCUT2D eigenvalue weighted by Gasteiger charge is -2.36. The molecule has 2 aliphatic carbocycles. The summed E-state index contributed by atoms with van der Waals surface area (Å²) in [6.45, 7) is 0. The van der Waals surface area contributed by atoms with Gasteiger partial charge in [-0.05, 0) is 94.8 Å². The lowest BCUT2D eigenvalue weighted by atomic mass is 9.67. The highest BCUT2D eigenvalue weighted by molar-refractivity contribution is 7.26. The van der Waals surface area contributed by atoms with Gasteiger partial charge >= 0.3 is 0 Å². The van der Waals surface area contributed by atoms with E-state index in [1.54, 1.807) is 11.3 Å². The molecule has 0 amide bonds. The van der Waals surface area contributed by atoms with Gasteiger partial charge in [0.1, 0.15) is 11.2 Å². The molecule has 6 heteroatoms. The molecule has 0 bridgehead atoms. The van der Waals surface area contributed by atoms with E-state index in [1.165, 1.54) is 68.1 Å². The van der Waals surface area contributed by atoms with E-state index >= 15 is 0 Å². The van der Waals surface area contributed by atoms with Crippen LogP contribution in [0.2, 0.25) is 0 Å². The smallest absolute Gasteiger partial charge is 0.165 e. The number of fused-ring (bicyclic) bond motifs is 11. The van der Waals surface area contributed by atoms with Crippen LogP contribution < -0.4 is 0 Å².